The molecule has 164 valence electrons. The Balaban J connectivity index is 1.61. The van der Waals surface area contributed by atoms with E-state index in [1.165, 1.54) is 12.8 Å². The number of rotatable bonds is 10. The molecular weight excluding hydrogens is 368 g/mol. The van der Waals surface area contributed by atoms with Gasteiger partial charge in [-0.3, -0.25) is 4.79 Å². The Bertz CT molecular complexity index is 545. The van der Waals surface area contributed by atoms with Gasteiger partial charge in [-0.05, 0) is 50.5 Å². The molecule has 5 nitrogen and oxygen atoms in total. The first kappa shape index (κ1) is 22.7. The fourth-order valence-corrected chi connectivity index (χ4v) is 4.30. The molecule has 0 bridgehead atoms. The second kappa shape index (κ2) is 12.0. The summed E-state index contributed by atoms with van der Waals surface area (Å²) in [5.74, 6) is -0.00268. The van der Waals surface area contributed by atoms with Crippen molar-refractivity contribution in [3.63, 3.8) is 0 Å². The Morgan fingerprint density at radius 2 is 1.83 bits per heavy atom. The number of carbonyl (C=O) groups is 1. The van der Waals surface area contributed by atoms with Crippen LogP contribution in [0.2, 0.25) is 0 Å². The molecule has 0 aromatic heterocycles. The van der Waals surface area contributed by atoms with Crippen LogP contribution in [-0.4, -0.2) is 43.8 Å². The molecule has 2 saturated heterocycles. The summed E-state index contributed by atoms with van der Waals surface area (Å²) >= 11 is 0. The maximum Gasteiger partial charge on any atom is 0.161 e. The molecule has 2 heterocycles. The number of carbonyl (C=O) groups excluding carboxylic acids is 1. The van der Waals surface area contributed by atoms with Crippen LogP contribution in [0, 0.1) is 5.92 Å². The Morgan fingerprint density at radius 3 is 2.48 bits per heavy atom. The predicted octanol–water partition coefficient (Wildman–Crippen LogP) is 5.09. The van der Waals surface area contributed by atoms with E-state index in [1.54, 1.807) is 0 Å². The molecule has 0 spiro atoms. The summed E-state index contributed by atoms with van der Waals surface area (Å²) in [7, 11) is 0. The third-order valence-corrected chi connectivity index (χ3v) is 6.10. The minimum absolute atomic E-state index is 0.000248. The monoisotopic (exact) mass is 406 g/mol. The van der Waals surface area contributed by atoms with Crippen LogP contribution in [0.4, 0.5) is 0 Å². The summed E-state index contributed by atoms with van der Waals surface area (Å²) in [6.45, 7) is 7.77. The molecule has 0 aromatic carbocycles. The molecule has 3 rings (SSSR count). The van der Waals surface area contributed by atoms with Crippen molar-refractivity contribution in [2.45, 2.75) is 102 Å². The minimum Gasteiger partial charge on any atom is -0.353 e. The van der Waals surface area contributed by atoms with Gasteiger partial charge in [-0.25, -0.2) is 0 Å². The van der Waals surface area contributed by atoms with E-state index >= 15 is 0 Å². The van der Waals surface area contributed by atoms with Crippen LogP contribution in [0.1, 0.15) is 77.6 Å². The topological polar surface area (TPSA) is 54.0 Å². The number of hydrogen-bond acceptors (Lipinski definition) is 5. The molecule has 1 saturated carbocycles. The van der Waals surface area contributed by atoms with Crippen LogP contribution >= 0.6 is 0 Å². The molecule has 2 aliphatic heterocycles. The molecule has 0 N–H and O–H groups in total. The quantitative estimate of drug-likeness (QED) is 0.287. The van der Waals surface area contributed by atoms with Crippen molar-refractivity contribution in [3.05, 3.63) is 24.3 Å². The molecular formula is C24H38O5. The molecule has 5 atom stereocenters. The smallest absolute Gasteiger partial charge is 0.161 e. The summed E-state index contributed by atoms with van der Waals surface area (Å²) in [6, 6.07) is 0. The summed E-state index contributed by atoms with van der Waals surface area (Å²) in [5.41, 5.74) is 0.642. The standard InChI is InChI=1S/C24H38O5/c1-3-4-5-10-19(28-23-11-6-8-15-26-23)13-14-20-18(2)21(25)17-22(20)29-24-12-7-9-16-27-24/h13-14,19-20,22-24H,2-12,15-17H2,1H3/b14-13+/t19?,20-,22-,23?,24?/m1/s1. The molecule has 0 amide bonds. The molecule has 1 aliphatic carbocycles. The van der Waals surface area contributed by atoms with E-state index in [4.69, 9.17) is 18.9 Å². The van der Waals surface area contributed by atoms with Crippen LogP contribution in [0.15, 0.2) is 24.3 Å². The number of Topliss-reactive ketones (excluding diaryl/α,β-unsaturated/α-hetero) is 1. The number of hydrogen-bond donors (Lipinski definition) is 0. The summed E-state index contributed by atoms with van der Waals surface area (Å²) in [6.07, 6.45) is 14.9. The third kappa shape index (κ3) is 7.02. The highest BCUT2D eigenvalue weighted by molar-refractivity contribution is 5.98. The van der Waals surface area contributed by atoms with Gasteiger partial charge in [-0.1, -0.05) is 44.9 Å². The highest BCUT2D eigenvalue weighted by Crippen LogP contribution is 2.33. The largest absolute Gasteiger partial charge is 0.353 e. The van der Waals surface area contributed by atoms with Gasteiger partial charge in [-0.15, -0.1) is 0 Å². The molecule has 29 heavy (non-hydrogen) atoms. The van der Waals surface area contributed by atoms with Crippen molar-refractivity contribution in [2.75, 3.05) is 13.2 Å². The van der Waals surface area contributed by atoms with Crippen molar-refractivity contribution in [3.8, 4) is 0 Å². The summed E-state index contributed by atoms with van der Waals surface area (Å²) in [5, 5.41) is 0. The normalized spacial score (nSPS) is 32.2. The zero-order chi connectivity index (χ0) is 20.5. The van der Waals surface area contributed by atoms with Crippen molar-refractivity contribution in [1.82, 2.24) is 0 Å². The van der Waals surface area contributed by atoms with Crippen LogP contribution in [0.5, 0.6) is 0 Å². The molecule has 0 radical (unpaired) electrons. The predicted molar refractivity (Wildman–Crippen MR) is 112 cm³/mol. The molecule has 3 aliphatic rings. The molecule has 3 fully saturated rings. The number of ketones is 1. The lowest BCUT2D eigenvalue weighted by atomic mass is 9.99. The molecule has 0 aromatic rings. The first-order valence-electron chi connectivity index (χ1n) is 11.6. The number of ether oxygens (including phenoxy) is 4. The molecule has 3 unspecified atom stereocenters. The van der Waals surface area contributed by atoms with Crippen molar-refractivity contribution >= 4 is 5.78 Å². The van der Waals surface area contributed by atoms with E-state index in [2.05, 4.69) is 25.7 Å². The average molecular weight is 407 g/mol. The zero-order valence-electron chi connectivity index (χ0n) is 18.0. The van der Waals surface area contributed by atoms with Crippen LogP contribution in [-0.2, 0) is 23.7 Å². The molecule has 5 heteroatoms. The first-order valence-corrected chi connectivity index (χ1v) is 11.6. The van der Waals surface area contributed by atoms with Crippen LogP contribution in [0.25, 0.3) is 0 Å². The van der Waals surface area contributed by atoms with E-state index in [9.17, 15) is 4.79 Å². The highest BCUT2D eigenvalue weighted by atomic mass is 16.7. The second-order valence-corrected chi connectivity index (χ2v) is 8.50. The van der Waals surface area contributed by atoms with Gasteiger partial charge in [0.15, 0.2) is 18.4 Å². The minimum atomic E-state index is -0.199. The lowest BCUT2D eigenvalue weighted by molar-refractivity contribution is -0.190. The van der Waals surface area contributed by atoms with E-state index in [0.29, 0.717) is 12.0 Å². The first-order chi connectivity index (χ1) is 14.2. The van der Waals surface area contributed by atoms with Gasteiger partial charge >= 0.3 is 0 Å². The van der Waals surface area contributed by atoms with Crippen molar-refractivity contribution in [2.24, 2.45) is 5.92 Å². The Hall–Kier alpha value is -1.01. The fourth-order valence-electron chi connectivity index (χ4n) is 4.30. The SMILES string of the molecule is C=C1C(=O)C[C@@H](OC2CCCCO2)[C@@H]1/C=C/C(CCCCC)OC1CCCCO1. The number of unbranched alkanes of at least 4 members (excludes halogenated alkanes) is 2. The van der Waals surface area contributed by atoms with E-state index in [0.717, 1.165) is 64.6 Å². The fraction of sp³-hybridized carbons (Fsp3) is 0.792. The van der Waals surface area contributed by atoms with Gasteiger partial charge in [0.25, 0.3) is 0 Å². The van der Waals surface area contributed by atoms with Gasteiger partial charge < -0.3 is 18.9 Å². The van der Waals surface area contributed by atoms with Crippen LogP contribution in [0.3, 0.4) is 0 Å². The van der Waals surface area contributed by atoms with Gasteiger partial charge in [0.2, 0.25) is 0 Å². The zero-order valence-corrected chi connectivity index (χ0v) is 18.0. The van der Waals surface area contributed by atoms with Gasteiger partial charge in [0, 0.05) is 25.6 Å². The highest BCUT2D eigenvalue weighted by Gasteiger charge is 2.37. The van der Waals surface area contributed by atoms with Gasteiger partial charge in [0.05, 0.1) is 12.2 Å². The lowest BCUT2D eigenvalue weighted by Gasteiger charge is -2.28. The van der Waals surface area contributed by atoms with Gasteiger partial charge in [-0.2, -0.15) is 0 Å². The van der Waals surface area contributed by atoms with Crippen molar-refractivity contribution in [1.29, 1.82) is 0 Å². The second-order valence-electron chi connectivity index (χ2n) is 8.50. The Kier molecular flexibility index (Phi) is 9.37. The third-order valence-electron chi connectivity index (χ3n) is 6.10. The van der Waals surface area contributed by atoms with E-state index in [-0.39, 0.29) is 36.5 Å². The Morgan fingerprint density at radius 1 is 1.10 bits per heavy atom. The summed E-state index contributed by atoms with van der Waals surface area (Å²) < 4.78 is 23.9. The maximum atomic E-state index is 12.3. The van der Waals surface area contributed by atoms with Crippen molar-refractivity contribution < 1.29 is 23.7 Å². The lowest BCUT2D eigenvalue weighted by Crippen LogP contribution is -2.30. The maximum absolute atomic E-state index is 12.3. The van der Waals surface area contributed by atoms with E-state index < -0.39 is 0 Å². The van der Waals surface area contributed by atoms with Crippen LogP contribution < -0.4 is 0 Å². The van der Waals surface area contributed by atoms with Gasteiger partial charge in [0.1, 0.15) is 0 Å². The Labute approximate surface area is 175 Å². The summed E-state index contributed by atoms with van der Waals surface area (Å²) in [4.78, 5) is 12.3. The van der Waals surface area contributed by atoms with E-state index in [1.807, 2.05) is 0 Å². The average Bonchev–Trinajstić information content (AvgIpc) is 3.00.